The van der Waals surface area contributed by atoms with Crippen LogP contribution in [0.3, 0.4) is 0 Å². The molecule has 4 nitrogen and oxygen atoms in total. The molecule has 0 fully saturated rings. The Morgan fingerprint density at radius 1 is 1.38 bits per heavy atom. The lowest BCUT2D eigenvalue weighted by Gasteiger charge is -2.01. The Bertz CT molecular complexity index is 808. The van der Waals surface area contributed by atoms with Gasteiger partial charge in [-0.3, -0.25) is 0 Å². The van der Waals surface area contributed by atoms with Crippen molar-refractivity contribution in [2.24, 2.45) is 0 Å². The number of thiophene rings is 1. The number of aromatic nitrogens is 1. The van der Waals surface area contributed by atoms with Gasteiger partial charge in [0.2, 0.25) is 5.89 Å². The van der Waals surface area contributed by atoms with Crippen molar-refractivity contribution in [2.45, 2.75) is 6.92 Å². The van der Waals surface area contributed by atoms with Crippen molar-refractivity contribution >= 4 is 17.3 Å². The molecular weight excluding hydrogens is 293 g/mol. The summed E-state index contributed by atoms with van der Waals surface area (Å²) in [7, 11) is 0. The summed E-state index contributed by atoms with van der Waals surface area (Å²) in [5.74, 6) is -1.68. The highest BCUT2D eigenvalue weighted by molar-refractivity contribution is 7.13. The van der Waals surface area contributed by atoms with Crippen molar-refractivity contribution in [2.75, 3.05) is 0 Å². The van der Waals surface area contributed by atoms with Gasteiger partial charge in [0.1, 0.15) is 5.82 Å². The van der Waals surface area contributed by atoms with E-state index in [0.717, 1.165) is 5.56 Å². The first-order chi connectivity index (χ1) is 10.1. The first-order valence-electron chi connectivity index (χ1n) is 6.11. The fraction of sp³-hybridized carbons (Fsp3) is 0.0667. The first kappa shape index (κ1) is 13.5. The van der Waals surface area contributed by atoms with Gasteiger partial charge < -0.3 is 9.52 Å². The van der Waals surface area contributed by atoms with Crippen LogP contribution in [0.2, 0.25) is 0 Å². The number of carboxylic acid groups (broad SMARTS) is 1. The smallest absolute Gasteiger partial charge is 0.358 e. The highest BCUT2D eigenvalue weighted by Crippen LogP contribution is 2.33. The molecule has 1 N–H and O–H groups in total. The zero-order valence-electron chi connectivity index (χ0n) is 11.0. The minimum absolute atomic E-state index is 0.0663. The molecule has 3 rings (SSSR count). The van der Waals surface area contributed by atoms with Crippen molar-refractivity contribution < 1.29 is 18.7 Å². The molecule has 0 amide bonds. The summed E-state index contributed by atoms with van der Waals surface area (Å²) in [6.45, 7) is 1.75. The zero-order valence-corrected chi connectivity index (χ0v) is 11.8. The monoisotopic (exact) mass is 303 g/mol. The number of hydrogen-bond donors (Lipinski definition) is 1. The minimum atomic E-state index is -1.25. The molecule has 2 heterocycles. The van der Waals surface area contributed by atoms with E-state index in [9.17, 15) is 14.3 Å². The van der Waals surface area contributed by atoms with Crippen LogP contribution in [-0.2, 0) is 0 Å². The number of carboxylic acids is 1. The predicted octanol–water partition coefficient (Wildman–Crippen LogP) is 4.22. The fourth-order valence-corrected chi connectivity index (χ4v) is 2.61. The normalized spacial score (nSPS) is 10.8. The SMILES string of the molecule is Cc1ccc(-c2oc(-c3cccs3)nc2C(=O)O)c(F)c1. The predicted molar refractivity (Wildman–Crippen MR) is 76.9 cm³/mol. The topological polar surface area (TPSA) is 63.3 Å². The quantitative estimate of drug-likeness (QED) is 0.787. The standard InChI is InChI=1S/C15H10FNO3S/c1-8-4-5-9(10(16)7-8)13-12(15(18)19)17-14(20-13)11-3-2-6-21-11/h2-7H,1H3,(H,18,19). The number of oxazole rings is 1. The number of rotatable bonds is 3. The van der Waals surface area contributed by atoms with Crippen LogP contribution >= 0.6 is 11.3 Å². The van der Waals surface area contributed by atoms with Crippen molar-refractivity contribution in [3.8, 4) is 22.1 Å². The molecule has 3 aromatic rings. The van der Waals surface area contributed by atoms with E-state index in [2.05, 4.69) is 4.98 Å². The average molecular weight is 303 g/mol. The number of aromatic carboxylic acids is 1. The molecule has 0 atom stereocenters. The number of carbonyl (C=O) groups is 1. The molecular formula is C15H10FNO3S. The average Bonchev–Trinajstić information content (AvgIpc) is 3.07. The van der Waals surface area contributed by atoms with Gasteiger partial charge in [0, 0.05) is 0 Å². The van der Waals surface area contributed by atoms with Gasteiger partial charge in [-0.1, -0.05) is 12.1 Å². The number of aryl methyl sites for hydroxylation is 1. The molecule has 2 aromatic heterocycles. The second kappa shape index (κ2) is 5.14. The molecule has 0 radical (unpaired) electrons. The summed E-state index contributed by atoms with van der Waals surface area (Å²) in [5, 5.41) is 11.1. The van der Waals surface area contributed by atoms with Crippen LogP contribution in [0, 0.1) is 12.7 Å². The van der Waals surface area contributed by atoms with E-state index in [0.29, 0.717) is 4.88 Å². The molecule has 0 spiro atoms. The van der Waals surface area contributed by atoms with Gasteiger partial charge in [-0.05, 0) is 36.1 Å². The van der Waals surface area contributed by atoms with Gasteiger partial charge in [-0.2, -0.15) is 0 Å². The van der Waals surface area contributed by atoms with Crippen LogP contribution in [0.25, 0.3) is 22.1 Å². The van der Waals surface area contributed by atoms with E-state index < -0.39 is 11.8 Å². The summed E-state index contributed by atoms with van der Waals surface area (Å²) in [6.07, 6.45) is 0. The molecule has 21 heavy (non-hydrogen) atoms. The van der Waals surface area contributed by atoms with E-state index in [-0.39, 0.29) is 22.9 Å². The summed E-state index contributed by atoms with van der Waals surface area (Å²) in [4.78, 5) is 16.0. The van der Waals surface area contributed by atoms with Gasteiger partial charge in [0.15, 0.2) is 11.5 Å². The minimum Gasteiger partial charge on any atom is -0.476 e. The molecule has 0 aliphatic carbocycles. The highest BCUT2D eigenvalue weighted by atomic mass is 32.1. The van der Waals surface area contributed by atoms with Crippen molar-refractivity contribution in [1.29, 1.82) is 0 Å². The Morgan fingerprint density at radius 3 is 2.81 bits per heavy atom. The number of nitrogens with zero attached hydrogens (tertiary/aromatic N) is 1. The Morgan fingerprint density at radius 2 is 2.19 bits per heavy atom. The van der Waals surface area contributed by atoms with Crippen LogP contribution in [0.4, 0.5) is 4.39 Å². The number of benzene rings is 1. The zero-order chi connectivity index (χ0) is 15.0. The second-order valence-corrected chi connectivity index (χ2v) is 5.41. The largest absolute Gasteiger partial charge is 0.476 e. The van der Waals surface area contributed by atoms with Crippen LogP contribution in [-0.4, -0.2) is 16.1 Å². The molecule has 106 valence electrons. The van der Waals surface area contributed by atoms with E-state index >= 15 is 0 Å². The van der Waals surface area contributed by atoms with Gasteiger partial charge in [0.25, 0.3) is 0 Å². The van der Waals surface area contributed by atoms with Crippen molar-refractivity contribution in [3.63, 3.8) is 0 Å². The maximum atomic E-state index is 14.1. The third-order valence-corrected chi connectivity index (χ3v) is 3.79. The summed E-state index contributed by atoms with van der Waals surface area (Å²) in [6, 6.07) is 8.08. The maximum Gasteiger partial charge on any atom is 0.358 e. The number of halogens is 1. The molecule has 0 saturated heterocycles. The lowest BCUT2D eigenvalue weighted by Crippen LogP contribution is -1.99. The molecule has 0 aliphatic rings. The lowest BCUT2D eigenvalue weighted by molar-refractivity contribution is 0.0691. The van der Waals surface area contributed by atoms with Crippen LogP contribution in [0.5, 0.6) is 0 Å². The van der Waals surface area contributed by atoms with Crippen LogP contribution in [0.1, 0.15) is 16.1 Å². The van der Waals surface area contributed by atoms with E-state index in [4.69, 9.17) is 4.42 Å². The Kier molecular flexibility index (Phi) is 3.31. The molecule has 6 heteroatoms. The summed E-state index contributed by atoms with van der Waals surface area (Å²) >= 11 is 1.37. The fourth-order valence-electron chi connectivity index (χ4n) is 1.96. The second-order valence-electron chi connectivity index (χ2n) is 4.46. The van der Waals surface area contributed by atoms with Crippen LogP contribution < -0.4 is 0 Å². The van der Waals surface area contributed by atoms with E-state index in [1.54, 1.807) is 25.1 Å². The summed E-state index contributed by atoms with van der Waals surface area (Å²) < 4.78 is 19.6. The van der Waals surface area contributed by atoms with Gasteiger partial charge in [-0.15, -0.1) is 11.3 Å². The van der Waals surface area contributed by atoms with Gasteiger partial charge in [0.05, 0.1) is 10.4 Å². The van der Waals surface area contributed by atoms with Crippen molar-refractivity contribution in [1.82, 2.24) is 4.98 Å². The molecule has 1 aromatic carbocycles. The third kappa shape index (κ3) is 2.45. The van der Waals surface area contributed by atoms with Crippen LogP contribution in [0.15, 0.2) is 40.1 Å². The first-order valence-corrected chi connectivity index (χ1v) is 6.99. The maximum absolute atomic E-state index is 14.1. The summed E-state index contributed by atoms with van der Waals surface area (Å²) in [5.41, 5.74) is 0.542. The highest BCUT2D eigenvalue weighted by Gasteiger charge is 2.24. The number of hydrogen-bond acceptors (Lipinski definition) is 4. The molecule has 0 saturated carbocycles. The Hall–Kier alpha value is -2.47. The van der Waals surface area contributed by atoms with Gasteiger partial charge >= 0.3 is 5.97 Å². The molecule has 0 unspecified atom stereocenters. The third-order valence-electron chi connectivity index (χ3n) is 2.93. The molecule has 0 aliphatic heterocycles. The van der Waals surface area contributed by atoms with E-state index in [1.165, 1.54) is 23.5 Å². The van der Waals surface area contributed by atoms with Crippen molar-refractivity contribution in [3.05, 3.63) is 52.8 Å². The molecule has 0 bridgehead atoms. The lowest BCUT2D eigenvalue weighted by atomic mass is 10.1. The van der Waals surface area contributed by atoms with E-state index in [1.807, 2.05) is 5.38 Å². The van der Waals surface area contributed by atoms with Gasteiger partial charge in [-0.25, -0.2) is 14.2 Å². The Labute approximate surface area is 123 Å². The Balaban J connectivity index is 2.19.